The zero-order chi connectivity index (χ0) is 24.1. The third kappa shape index (κ3) is 4.69. The summed E-state index contributed by atoms with van der Waals surface area (Å²) < 4.78 is 5.79. The van der Waals surface area contributed by atoms with Crippen molar-refractivity contribution < 1.29 is 24.4 Å². The van der Waals surface area contributed by atoms with Crippen LogP contribution in [-0.4, -0.2) is 28.2 Å². The van der Waals surface area contributed by atoms with Gasteiger partial charge in [-0.3, -0.25) is 14.6 Å². The summed E-state index contributed by atoms with van der Waals surface area (Å²) in [5, 5.41) is 13.6. The molecule has 1 saturated heterocycles. The van der Waals surface area contributed by atoms with Crippen molar-refractivity contribution in [3.05, 3.63) is 95.1 Å². The number of carbonyl (C=O) groups is 2. The maximum absolute atomic E-state index is 13.6. The van der Waals surface area contributed by atoms with E-state index in [-0.39, 0.29) is 12.1 Å². The topological polar surface area (TPSA) is 96.7 Å². The Morgan fingerprint density at radius 3 is 2.65 bits per heavy atom. The van der Waals surface area contributed by atoms with Gasteiger partial charge < -0.3 is 14.7 Å². The van der Waals surface area contributed by atoms with Crippen LogP contribution in [0.3, 0.4) is 0 Å². The molecule has 1 amide bonds. The number of rotatable bonds is 8. The van der Waals surface area contributed by atoms with Crippen molar-refractivity contribution in [1.29, 1.82) is 0 Å². The molecule has 1 atom stereocenters. The van der Waals surface area contributed by atoms with E-state index >= 15 is 0 Å². The van der Waals surface area contributed by atoms with Crippen molar-refractivity contribution in [2.75, 3.05) is 6.61 Å². The van der Waals surface area contributed by atoms with Gasteiger partial charge in [0.25, 0.3) is 5.91 Å². The summed E-state index contributed by atoms with van der Waals surface area (Å²) in [5.74, 6) is -1.21. The van der Waals surface area contributed by atoms with Gasteiger partial charge in [0.15, 0.2) is 12.4 Å². The predicted molar refractivity (Wildman–Crippen MR) is 124 cm³/mol. The summed E-state index contributed by atoms with van der Waals surface area (Å²) in [6.45, 7) is 4.75. The molecule has 0 spiro atoms. The average Bonchev–Trinajstić information content (AvgIpc) is 3.11. The van der Waals surface area contributed by atoms with Crippen LogP contribution in [0.1, 0.15) is 48.1 Å². The Morgan fingerprint density at radius 2 is 1.97 bits per heavy atom. The van der Waals surface area contributed by atoms with Crippen LogP contribution < -0.4 is 14.8 Å². The summed E-state index contributed by atoms with van der Waals surface area (Å²) in [4.78, 5) is 34.7. The van der Waals surface area contributed by atoms with E-state index in [0.29, 0.717) is 23.5 Å². The molecule has 1 aromatic carbocycles. The van der Waals surface area contributed by atoms with Crippen molar-refractivity contribution in [3.63, 3.8) is 0 Å². The minimum absolute atomic E-state index is 0.0461. The van der Waals surface area contributed by atoms with Crippen molar-refractivity contribution in [1.82, 2.24) is 9.88 Å². The van der Waals surface area contributed by atoms with Crippen LogP contribution in [0.2, 0.25) is 0 Å². The van der Waals surface area contributed by atoms with Crippen LogP contribution in [-0.2, 0) is 16.1 Å². The number of carbonyl (C=O) groups excluding carboxylic acids is 2. The highest BCUT2D eigenvalue weighted by Gasteiger charge is 2.44. The number of nitrogens with zero attached hydrogens (tertiary/aromatic N) is 2. The number of nitrogens with one attached hydrogen (secondary N) is 1. The van der Waals surface area contributed by atoms with Gasteiger partial charge in [0.05, 0.1) is 19.2 Å². The Morgan fingerprint density at radius 1 is 1.18 bits per heavy atom. The van der Waals surface area contributed by atoms with E-state index in [1.165, 1.54) is 4.90 Å². The molecular formula is C27H27N3O4. The Balaban J connectivity index is 1.76. The van der Waals surface area contributed by atoms with Crippen LogP contribution >= 0.6 is 0 Å². The normalized spacial score (nSPS) is 17.2. The first-order valence-electron chi connectivity index (χ1n) is 11.4. The first-order valence-corrected chi connectivity index (χ1v) is 11.4. The second kappa shape index (κ2) is 10.3. The fraction of sp³-hybridized carbons (Fsp3) is 0.259. The van der Waals surface area contributed by atoms with Crippen LogP contribution in [0, 0.1) is 6.92 Å². The molecular weight excluding hydrogens is 430 g/mol. The maximum atomic E-state index is 13.6. The highest BCUT2D eigenvalue weighted by Crippen LogP contribution is 2.39. The van der Waals surface area contributed by atoms with Crippen LogP contribution in [0.15, 0.2) is 72.8 Å². The molecule has 0 aliphatic carbocycles. The van der Waals surface area contributed by atoms with E-state index in [4.69, 9.17) is 4.74 Å². The Kier molecular flexibility index (Phi) is 7.01. The lowest BCUT2D eigenvalue weighted by atomic mass is 9.95. The number of H-pyrrole nitrogens is 1. The van der Waals surface area contributed by atoms with E-state index < -0.39 is 23.5 Å². The number of benzene rings is 1. The molecule has 0 bridgehead atoms. The number of likely N-dealkylation sites (tertiary alicyclic amines) is 1. The third-order valence-electron chi connectivity index (χ3n) is 5.87. The van der Waals surface area contributed by atoms with Crippen molar-refractivity contribution in [2.45, 2.75) is 39.3 Å². The van der Waals surface area contributed by atoms with Crippen molar-refractivity contribution >= 4 is 17.4 Å². The lowest BCUT2D eigenvalue weighted by molar-refractivity contribution is -0.378. The molecule has 4 rings (SSSR count). The molecule has 7 heteroatoms. The number of pyridine rings is 2. The summed E-state index contributed by atoms with van der Waals surface area (Å²) in [6, 6.07) is 11.5. The summed E-state index contributed by atoms with van der Waals surface area (Å²) in [7, 11) is 0. The van der Waals surface area contributed by atoms with Gasteiger partial charge in [0, 0.05) is 29.6 Å². The van der Waals surface area contributed by atoms with E-state index in [9.17, 15) is 14.7 Å². The van der Waals surface area contributed by atoms with Gasteiger partial charge in [0.1, 0.15) is 5.75 Å². The number of amides is 1. The third-order valence-corrected chi connectivity index (χ3v) is 5.87. The number of Topliss-reactive ketones (excluding diaryl/α,β-unsaturated/α-hetero) is 1. The molecule has 3 aromatic rings. The number of hydrogen-bond donors (Lipinski definition) is 0. The van der Waals surface area contributed by atoms with E-state index in [1.807, 2.05) is 19.1 Å². The highest BCUT2D eigenvalue weighted by atomic mass is 16.5. The van der Waals surface area contributed by atoms with Gasteiger partial charge in [-0.15, -0.1) is 0 Å². The van der Waals surface area contributed by atoms with Gasteiger partial charge in [0.2, 0.25) is 5.78 Å². The molecule has 34 heavy (non-hydrogen) atoms. The number of ether oxygens (including phenoxy) is 1. The number of ketones is 1. The molecule has 0 saturated carbocycles. The SMILES string of the molecule is CCCCOc1ccc(/C([O-])=C2\C(=O)C(=O)N(Cc3ccc[nH+]c3)C2c2ccncc2)cc1C. The first-order chi connectivity index (χ1) is 16.5. The number of unbranched alkanes of at least 4 members (excludes halogenated alkanes) is 1. The van der Waals surface area contributed by atoms with Crippen LogP contribution in [0.4, 0.5) is 0 Å². The van der Waals surface area contributed by atoms with E-state index in [2.05, 4.69) is 16.9 Å². The first kappa shape index (κ1) is 23.2. The maximum Gasteiger partial charge on any atom is 0.295 e. The molecule has 1 N–H and O–H groups in total. The van der Waals surface area contributed by atoms with Crippen molar-refractivity contribution in [2.24, 2.45) is 0 Å². The Hall–Kier alpha value is -4.00. The summed E-state index contributed by atoms with van der Waals surface area (Å²) >= 11 is 0. The van der Waals surface area contributed by atoms with Gasteiger partial charge in [-0.2, -0.15) is 0 Å². The number of aryl methyl sites for hydroxylation is 1. The summed E-state index contributed by atoms with van der Waals surface area (Å²) in [5.41, 5.74) is 2.59. The molecule has 2 aromatic heterocycles. The zero-order valence-electron chi connectivity index (χ0n) is 19.3. The highest BCUT2D eigenvalue weighted by molar-refractivity contribution is 6.46. The van der Waals surface area contributed by atoms with Crippen molar-refractivity contribution in [3.8, 4) is 5.75 Å². The zero-order valence-corrected chi connectivity index (χ0v) is 19.3. The average molecular weight is 458 g/mol. The minimum atomic E-state index is -0.795. The molecule has 1 unspecified atom stereocenters. The number of aromatic nitrogens is 2. The monoisotopic (exact) mass is 457 g/mol. The van der Waals surface area contributed by atoms with Gasteiger partial charge >= 0.3 is 0 Å². The molecule has 3 heterocycles. The van der Waals surface area contributed by atoms with Crippen LogP contribution in [0.5, 0.6) is 5.75 Å². The summed E-state index contributed by atoms with van der Waals surface area (Å²) in [6.07, 6.45) is 8.68. The molecule has 1 fully saturated rings. The number of hydrogen-bond acceptors (Lipinski definition) is 5. The minimum Gasteiger partial charge on any atom is -0.872 e. The second-order valence-corrected chi connectivity index (χ2v) is 8.28. The second-order valence-electron chi connectivity index (χ2n) is 8.28. The Bertz CT molecular complexity index is 1210. The van der Waals surface area contributed by atoms with E-state index in [0.717, 1.165) is 24.0 Å². The fourth-order valence-corrected chi connectivity index (χ4v) is 4.09. The number of aromatic amines is 1. The largest absolute Gasteiger partial charge is 0.872 e. The smallest absolute Gasteiger partial charge is 0.295 e. The molecule has 1 aliphatic rings. The lowest BCUT2D eigenvalue weighted by Gasteiger charge is -2.27. The van der Waals surface area contributed by atoms with Crippen LogP contribution in [0.25, 0.3) is 5.76 Å². The predicted octanol–water partition coefficient (Wildman–Crippen LogP) is 2.81. The Labute approximate surface area is 198 Å². The molecule has 174 valence electrons. The van der Waals surface area contributed by atoms with Gasteiger partial charge in [-0.1, -0.05) is 25.2 Å². The molecule has 1 aliphatic heterocycles. The van der Waals surface area contributed by atoms with Gasteiger partial charge in [-0.25, -0.2) is 4.98 Å². The molecule has 7 nitrogen and oxygen atoms in total. The van der Waals surface area contributed by atoms with Gasteiger partial charge in [-0.05, 0) is 60.4 Å². The standard InChI is InChI=1S/C27H27N3O4/c1-3-4-14-34-22-8-7-21(15-18(22)2)25(31)23-24(20-9-12-28-13-10-20)30(27(33)26(23)32)17-19-6-5-11-29-16-19/h5-13,15-16,24,31H,3-4,14,17H2,1-2H3/b25-23+. The molecule has 0 radical (unpaired) electrons. The van der Waals surface area contributed by atoms with E-state index in [1.54, 1.807) is 55.1 Å². The fourth-order valence-electron chi connectivity index (χ4n) is 4.09. The lowest BCUT2D eigenvalue weighted by Crippen LogP contribution is -2.29. The quantitative estimate of drug-likeness (QED) is 0.224.